The van der Waals surface area contributed by atoms with Gasteiger partial charge in [0.25, 0.3) is 0 Å². The molecule has 0 bridgehead atoms. The van der Waals surface area contributed by atoms with Gasteiger partial charge in [0, 0.05) is 12.2 Å². The number of aliphatic hydroxyl groups excluding tert-OH is 1. The van der Waals surface area contributed by atoms with Crippen molar-refractivity contribution in [2.24, 2.45) is 0 Å². The maximum Gasteiger partial charge on any atom is 0.416 e. The second-order valence-corrected chi connectivity index (χ2v) is 4.94. The zero-order valence-electron chi connectivity index (χ0n) is 10.8. The summed E-state index contributed by atoms with van der Waals surface area (Å²) in [5.74, 6) is 0. The van der Waals surface area contributed by atoms with E-state index in [-0.39, 0.29) is 18.4 Å². The predicted octanol–water partition coefficient (Wildman–Crippen LogP) is 3.69. The third-order valence-electron chi connectivity index (χ3n) is 3.49. The molecular weight excluding hydrogens is 300 g/mol. The minimum atomic E-state index is -4.86. The maximum atomic E-state index is 12.8. The maximum absolute atomic E-state index is 12.8. The zero-order chi connectivity index (χ0) is 15.8. The van der Waals surface area contributed by atoms with Crippen LogP contribution in [-0.4, -0.2) is 24.3 Å². The highest BCUT2D eigenvalue weighted by Gasteiger charge is 2.38. The zero-order valence-corrected chi connectivity index (χ0v) is 10.8. The number of anilines is 1. The Morgan fingerprint density at radius 2 is 1.52 bits per heavy atom. The average molecular weight is 313 g/mol. The highest BCUT2D eigenvalue weighted by Crippen LogP contribution is 2.39. The third-order valence-corrected chi connectivity index (χ3v) is 3.49. The van der Waals surface area contributed by atoms with Crippen LogP contribution in [0.5, 0.6) is 0 Å². The first-order chi connectivity index (χ1) is 9.63. The predicted molar refractivity (Wildman–Crippen MR) is 63.9 cm³/mol. The molecule has 1 fully saturated rings. The first-order valence-electron chi connectivity index (χ1n) is 6.30. The van der Waals surface area contributed by atoms with E-state index >= 15 is 0 Å². The Kier molecular flexibility index (Phi) is 4.10. The Morgan fingerprint density at radius 3 is 1.95 bits per heavy atom. The topological polar surface area (TPSA) is 23.5 Å². The van der Waals surface area contributed by atoms with Crippen LogP contribution < -0.4 is 4.90 Å². The monoisotopic (exact) mass is 313 g/mol. The molecule has 0 spiro atoms. The van der Waals surface area contributed by atoms with Crippen LogP contribution in [-0.2, 0) is 12.4 Å². The van der Waals surface area contributed by atoms with Gasteiger partial charge in [0.05, 0.1) is 23.8 Å². The van der Waals surface area contributed by atoms with E-state index in [0.29, 0.717) is 31.5 Å². The Hall–Kier alpha value is -1.44. The van der Waals surface area contributed by atoms with Crippen molar-refractivity contribution in [1.82, 2.24) is 0 Å². The Labute approximate surface area is 117 Å². The molecule has 1 aliphatic rings. The molecule has 1 aliphatic heterocycles. The highest BCUT2D eigenvalue weighted by atomic mass is 19.4. The van der Waals surface area contributed by atoms with Crippen molar-refractivity contribution in [3.8, 4) is 0 Å². The van der Waals surface area contributed by atoms with Crippen molar-refractivity contribution in [2.45, 2.75) is 31.2 Å². The quantitative estimate of drug-likeness (QED) is 0.842. The second kappa shape index (κ2) is 5.40. The molecular formula is C13H13F6NO. The SMILES string of the molecule is OC[C@@H]1CCCN1c1cc(C(F)(F)F)cc(C(F)(F)F)c1. The minimum absolute atomic E-state index is 0.105. The molecule has 1 atom stereocenters. The van der Waals surface area contributed by atoms with Gasteiger partial charge in [-0.25, -0.2) is 0 Å². The van der Waals surface area contributed by atoms with Crippen LogP contribution in [0.3, 0.4) is 0 Å². The summed E-state index contributed by atoms with van der Waals surface area (Å²) < 4.78 is 76.6. The number of hydrogen-bond acceptors (Lipinski definition) is 2. The number of hydrogen-bond donors (Lipinski definition) is 1. The molecule has 2 rings (SSSR count). The Balaban J connectivity index is 2.50. The lowest BCUT2D eigenvalue weighted by Crippen LogP contribution is -2.32. The third kappa shape index (κ3) is 3.42. The fourth-order valence-electron chi connectivity index (χ4n) is 2.47. The summed E-state index contributed by atoms with van der Waals surface area (Å²) in [5.41, 5.74) is -2.83. The largest absolute Gasteiger partial charge is 0.416 e. The lowest BCUT2D eigenvalue weighted by molar-refractivity contribution is -0.143. The van der Waals surface area contributed by atoms with E-state index in [4.69, 9.17) is 5.11 Å². The first kappa shape index (κ1) is 15.9. The molecule has 21 heavy (non-hydrogen) atoms. The van der Waals surface area contributed by atoms with Gasteiger partial charge < -0.3 is 10.0 Å². The van der Waals surface area contributed by atoms with Crippen LogP contribution in [0.2, 0.25) is 0 Å². The molecule has 0 aromatic heterocycles. The summed E-state index contributed by atoms with van der Waals surface area (Å²) in [6.07, 6.45) is -8.56. The standard InChI is InChI=1S/C13H13F6NO/c14-12(15,16)8-4-9(13(17,18)19)6-11(5-8)20-3-1-2-10(20)7-21/h4-6,10,21H,1-3,7H2/t10-/m0/s1. The highest BCUT2D eigenvalue weighted by molar-refractivity contribution is 5.54. The molecule has 1 N–H and O–H groups in total. The van der Waals surface area contributed by atoms with Crippen LogP contribution in [0.25, 0.3) is 0 Å². The number of halogens is 6. The van der Waals surface area contributed by atoms with E-state index in [1.54, 1.807) is 0 Å². The molecule has 0 amide bonds. The smallest absolute Gasteiger partial charge is 0.394 e. The normalized spacial score (nSPS) is 20.1. The van der Waals surface area contributed by atoms with Gasteiger partial charge in [-0.05, 0) is 31.0 Å². The van der Waals surface area contributed by atoms with Crippen LogP contribution >= 0.6 is 0 Å². The molecule has 1 saturated heterocycles. The van der Waals surface area contributed by atoms with Crippen molar-refractivity contribution in [3.63, 3.8) is 0 Å². The van der Waals surface area contributed by atoms with Crippen molar-refractivity contribution in [2.75, 3.05) is 18.1 Å². The summed E-state index contributed by atoms with van der Waals surface area (Å²) in [5, 5.41) is 9.17. The summed E-state index contributed by atoms with van der Waals surface area (Å²) in [6, 6.07) is 1.05. The molecule has 0 aliphatic carbocycles. The fraction of sp³-hybridized carbons (Fsp3) is 0.538. The van der Waals surface area contributed by atoms with E-state index in [9.17, 15) is 26.3 Å². The van der Waals surface area contributed by atoms with Crippen LogP contribution in [0, 0.1) is 0 Å². The Morgan fingerprint density at radius 1 is 1.00 bits per heavy atom. The van der Waals surface area contributed by atoms with E-state index in [1.807, 2.05) is 0 Å². The molecule has 1 heterocycles. The molecule has 0 unspecified atom stereocenters. The van der Waals surface area contributed by atoms with Gasteiger partial charge in [-0.3, -0.25) is 0 Å². The van der Waals surface area contributed by atoms with Gasteiger partial charge in [0.15, 0.2) is 0 Å². The van der Waals surface area contributed by atoms with Crippen molar-refractivity contribution in [3.05, 3.63) is 29.3 Å². The van der Waals surface area contributed by atoms with Crippen molar-refractivity contribution in [1.29, 1.82) is 0 Å². The lowest BCUT2D eigenvalue weighted by Gasteiger charge is -2.27. The number of benzene rings is 1. The number of alkyl halides is 6. The van der Waals surface area contributed by atoms with Gasteiger partial charge in [-0.15, -0.1) is 0 Å². The van der Waals surface area contributed by atoms with E-state index in [0.717, 1.165) is 0 Å². The van der Waals surface area contributed by atoms with E-state index in [2.05, 4.69) is 0 Å². The fourth-order valence-corrected chi connectivity index (χ4v) is 2.47. The van der Waals surface area contributed by atoms with E-state index in [1.165, 1.54) is 4.90 Å². The van der Waals surface area contributed by atoms with Gasteiger partial charge in [-0.2, -0.15) is 26.3 Å². The lowest BCUT2D eigenvalue weighted by atomic mass is 10.1. The van der Waals surface area contributed by atoms with Crippen molar-refractivity contribution >= 4 is 5.69 Å². The number of nitrogens with zero attached hydrogens (tertiary/aromatic N) is 1. The van der Waals surface area contributed by atoms with Crippen LogP contribution in [0.1, 0.15) is 24.0 Å². The van der Waals surface area contributed by atoms with Crippen LogP contribution in [0.15, 0.2) is 18.2 Å². The average Bonchev–Trinajstić information content (AvgIpc) is 2.84. The van der Waals surface area contributed by atoms with Crippen LogP contribution in [0.4, 0.5) is 32.0 Å². The molecule has 0 saturated carbocycles. The summed E-state index contributed by atoms with van der Waals surface area (Å²) in [6.45, 7) is 0.0153. The summed E-state index contributed by atoms with van der Waals surface area (Å²) >= 11 is 0. The summed E-state index contributed by atoms with van der Waals surface area (Å²) in [4.78, 5) is 1.39. The summed E-state index contributed by atoms with van der Waals surface area (Å²) in [7, 11) is 0. The van der Waals surface area contributed by atoms with E-state index < -0.39 is 29.5 Å². The second-order valence-electron chi connectivity index (χ2n) is 4.94. The Bertz CT molecular complexity index is 478. The van der Waals surface area contributed by atoms with Gasteiger partial charge in [-0.1, -0.05) is 0 Å². The molecule has 1 aromatic carbocycles. The van der Waals surface area contributed by atoms with Gasteiger partial charge in [0.2, 0.25) is 0 Å². The molecule has 1 aromatic rings. The molecule has 0 radical (unpaired) electrons. The number of rotatable bonds is 2. The molecule has 118 valence electrons. The minimum Gasteiger partial charge on any atom is -0.394 e. The first-order valence-corrected chi connectivity index (χ1v) is 6.30. The molecule has 8 heteroatoms. The number of aliphatic hydroxyl groups is 1. The van der Waals surface area contributed by atoms with Gasteiger partial charge in [0.1, 0.15) is 0 Å². The molecule has 2 nitrogen and oxygen atoms in total. The van der Waals surface area contributed by atoms with Crippen molar-refractivity contribution < 1.29 is 31.4 Å². The van der Waals surface area contributed by atoms with Gasteiger partial charge >= 0.3 is 12.4 Å².